The van der Waals surface area contributed by atoms with Crippen molar-refractivity contribution < 1.29 is 60.4 Å². The number of nitrogens with zero attached hydrogens (tertiary/aromatic N) is 5. The monoisotopic (exact) mass is 662 g/mol. The average molecular weight is 663 g/mol. The SMILES string of the molecule is COc1ccc(NC(=O)c2nnc3n2CC2CN(Cc4cccnc4OC)CC2C3)cc1.O=C(O)C(F)(F)F.O=C(O)C(F)(F)F. The Hall–Kier alpha value is -4.94. The standard InChI is InChI=1S/C23H26N6O3.2C2HF3O2/c1-31-19-7-5-18(6-8-19)25-22(30)21-27-26-20-10-16-12-28(13-17(16)14-29(20)21)11-15-4-3-9-24-23(15)32-2;2*3-2(4,5)1(6)7/h3-9,16-17H,10-14H2,1-2H3,(H,25,30);2*(H,6,7). The van der Waals surface area contributed by atoms with Gasteiger partial charge in [-0.3, -0.25) is 9.69 Å². The van der Waals surface area contributed by atoms with Crippen LogP contribution < -0.4 is 14.8 Å². The van der Waals surface area contributed by atoms with Crippen molar-refractivity contribution in [2.45, 2.75) is 31.9 Å². The molecule has 1 aromatic carbocycles. The third kappa shape index (κ3) is 9.53. The highest BCUT2D eigenvalue weighted by Crippen LogP contribution is 2.34. The molecule has 2 aromatic heterocycles. The maximum absolute atomic E-state index is 12.9. The van der Waals surface area contributed by atoms with Gasteiger partial charge >= 0.3 is 24.3 Å². The number of nitrogens with one attached hydrogen (secondary N) is 1. The number of amides is 1. The molecule has 19 heteroatoms. The fourth-order valence-corrected chi connectivity index (χ4v) is 4.75. The molecule has 5 rings (SSSR count). The van der Waals surface area contributed by atoms with E-state index in [0.29, 0.717) is 29.2 Å². The van der Waals surface area contributed by atoms with Crippen LogP contribution in [0.15, 0.2) is 42.6 Å². The van der Waals surface area contributed by atoms with E-state index in [9.17, 15) is 31.1 Å². The Labute approximate surface area is 256 Å². The minimum atomic E-state index is -5.08. The van der Waals surface area contributed by atoms with Gasteiger partial charge in [-0.1, -0.05) is 6.07 Å². The highest BCUT2D eigenvalue weighted by Gasteiger charge is 2.40. The quantitative estimate of drug-likeness (QED) is 0.330. The Morgan fingerprint density at radius 2 is 1.48 bits per heavy atom. The van der Waals surface area contributed by atoms with Crippen molar-refractivity contribution in [3.63, 3.8) is 0 Å². The van der Waals surface area contributed by atoms with Crippen molar-refractivity contribution in [2.24, 2.45) is 11.8 Å². The van der Waals surface area contributed by atoms with Gasteiger partial charge in [0.05, 0.1) is 14.2 Å². The second-order valence-electron chi connectivity index (χ2n) is 9.93. The number of carboxylic acids is 2. The van der Waals surface area contributed by atoms with Gasteiger partial charge in [0.15, 0.2) is 0 Å². The fourth-order valence-electron chi connectivity index (χ4n) is 4.75. The fraction of sp³-hybridized carbons (Fsp3) is 0.407. The molecule has 3 N–H and O–H groups in total. The molecule has 0 spiro atoms. The van der Waals surface area contributed by atoms with Gasteiger partial charge in [0, 0.05) is 50.0 Å². The van der Waals surface area contributed by atoms with Gasteiger partial charge in [0.2, 0.25) is 11.7 Å². The summed E-state index contributed by atoms with van der Waals surface area (Å²) < 4.78 is 76.0. The van der Waals surface area contributed by atoms with Crippen molar-refractivity contribution in [3.8, 4) is 11.6 Å². The van der Waals surface area contributed by atoms with Crippen LogP contribution in [0.3, 0.4) is 0 Å². The third-order valence-electron chi connectivity index (χ3n) is 6.81. The number of carbonyl (C=O) groups is 3. The second kappa shape index (κ2) is 14.9. The Bertz CT molecular complexity index is 1490. The van der Waals surface area contributed by atoms with E-state index in [4.69, 9.17) is 29.3 Å². The number of hydrogen-bond acceptors (Lipinski definition) is 9. The summed E-state index contributed by atoms with van der Waals surface area (Å²) in [7, 11) is 3.26. The lowest BCUT2D eigenvalue weighted by Crippen LogP contribution is -2.31. The highest BCUT2D eigenvalue weighted by molar-refractivity contribution is 6.01. The summed E-state index contributed by atoms with van der Waals surface area (Å²) in [6.45, 7) is 3.50. The van der Waals surface area contributed by atoms with Crippen LogP contribution in [-0.2, 0) is 29.1 Å². The van der Waals surface area contributed by atoms with E-state index in [1.165, 1.54) is 0 Å². The van der Waals surface area contributed by atoms with Crippen molar-refractivity contribution >= 4 is 23.5 Å². The summed E-state index contributed by atoms with van der Waals surface area (Å²) in [5, 5.41) is 25.7. The van der Waals surface area contributed by atoms with Gasteiger partial charge < -0.3 is 29.6 Å². The Balaban J connectivity index is 0.000000345. The minimum absolute atomic E-state index is 0.248. The molecule has 0 saturated carbocycles. The van der Waals surface area contributed by atoms with Crippen molar-refractivity contribution in [1.29, 1.82) is 0 Å². The van der Waals surface area contributed by atoms with Crippen LogP contribution in [0.5, 0.6) is 11.6 Å². The van der Waals surface area contributed by atoms with Crippen LogP contribution in [0.2, 0.25) is 0 Å². The predicted octanol–water partition coefficient (Wildman–Crippen LogP) is 3.51. The number of rotatable bonds is 6. The molecule has 0 aliphatic carbocycles. The lowest BCUT2D eigenvalue weighted by atomic mass is 9.89. The van der Waals surface area contributed by atoms with Crippen molar-refractivity contribution in [3.05, 3.63) is 59.8 Å². The van der Waals surface area contributed by atoms with Crippen molar-refractivity contribution in [2.75, 3.05) is 32.6 Å². The molecular weight excluding hydrogens is 634 g/mol. The zero-order chi connectivity index (χ0) is 34.2. The Morgan fingerprint density at radius 3 is 2.02 bits per heavy atom. The van der Waals surface area contributed by atoms with Gasteiger partial charge in [-0.2, -0.15) is 26.3 Å². The summed E-state index contributed by atoms with van der Waals surface area (Å²) in [6, 6.07) is 11.2. The number of methoxy groups -OCH3 is 2. The first-order valence-corrected chi connectivity index (χ1v) is 13.2. The van der Waals surface area contributed by atoms with E-state index in [0.717, 1.165) is 49.7 Å². The van der Waals surface area contributed by atoms with Crippen LogP contribution >= 0.6 is 0 Å². The molecule has 250 valence electrons. The van der Waals surface area contributed by atoms with Crippen LogP contribution in [0.1, 0.15) is 22.0 Å². The minimum Gasteiger partial charge on any atom is -0.497 e. The first-order valence-electron chi connectivity index (χ1n) is 13.2. The number of alkyl halides is 6. The number of carboxylic acid groups (broad SMARTS) is 2. The number of aromatic nitrogens is 4. The van der Waals surface area contributed by atoms with Gasteiger partial charge in [-0.25, -0.2) is 14.6 Å². The maximum atomic E-state index is 12.9. The third-order valence-corrected chi connectivity index (χ3v) is 6.81. The molecule has 2 aliphatic heterocycles. The number of ether oxygens (including phenoxy) is 2. The number of fused-ring (bicyclic) bond motifs is 2. The van der Waals surface area contributed by atoms with E-state index in [1.54, 1.807) is 20.4 Å². The molecule has 2 atom stereocenters. The smallest absolute Gasteiger partial charge is 0.490 e. The summed E-state index contributed by atoms with van der Waals surface area (Å²) in [6.07, 6.45) is -7.59. The Kier molecular flexibility index (Phi) is 11.5. The zero-order valence-electron chi connectivity index (χ0n) is 24.2. The number of halogens is 6. The number of benzene rings is 1. The number of hydrogen-bond donors (Lipinski definition) is 3. The summed E-state index contributed by atoms with van der Waals surface area (Å²) in [5.74, 6) is -2.14. The van der Waals surface area contributed by atoms with Crippen LogP contribution in [0.25, 0.3) is 0 Å². The molecule has 3 aromatic rings. The van der Waals surface area contributed by atoms with E-state index in [1.807, 2.05) is 34.9 Å². The molecule has 1 fully saturated rings. The molecule has 2 aliphatic rings. The van der Waals surface area contributed by atoms with E-state index >= 15 is 0 Å². The number of pyridine rings is 1. The van der Waals surface area contributed by atoms with E-state index in [2.05, 4.69) is 31.5 Å². The molecular formula is C27H28F6N6O7. The molecule has 13 nitrogen and oxygen atoms in total. The van der Waals surface area contributed by atoms with Crippen LogP contribution in [0.4, 0.5) is 32.0 Å². The van der Waals surface area contributed by atoms with Gasteiger partial charge in [0.25, 0.3) is 5.91 Å². The summed E-state index contributed by atoms with van der Waals surface area (Å²) >= 11 is 0. The molecule has 2 unspecified atom stereocenters. The predicted molar refractivity (Wildman–Crippen MR) is 145 cm³/mol. The first kappa shape index (κ1) is 35.5. The second-order valence-corrected chi connectivity index (χ2v) is 9.93. The molecule has 1 amide bonds. The van der Waals surface area contributed by atoms with Crippen molar-refractivity contribution in [1.82, 2.24) is 24.6 Å². The maximum Gasteiger partial charge on any atom is 0.490 e. The molecule has 46 heavy (non-hydrogen) atoms. The molecule has 4 heterocycles. The largest absolute Gasteiger partial charge is 0.497 e. The van der Waals surface area contributed by atoms with Gasteiger partial charge in [-0.05, 0) is 42.2 Å². The van der Waals surface area contributed by atoms with Crippen LogP contribution in [0, 0.1) is 11.8 Å². The molecule has 0 radical (unpaired) electrons. The average Bonchev–Trinajstić information content (AvgIpc) is 3.59. The van der Waals surface area contributed by atoms with E-state index < -0.39 is 24.3 Å². The first-order chi connectivity index (χ1) is 21.5. The van der Waals surface area contributed by atoms with Crippen LogP contribution in [-0.4, -0.2) is 92.4 Å². The summed E-state index contributed by atoms with van der Waals surface area (Å²) in [4.78, 5) is 37.4. The Morgan fingerprint density at radius 1 is 0.891 bits per heavy atom. The number of aliphatic carboxylic acids is 2. The number of carbonyl (C=O) groups excluding carboxylic acids is 1. The number of anilines is 1. The zero-order valence-corrected chi connectivity index (χ0v) is 24.2. The summed E-state index contributed by atoms with van der Waals surface area (Å²) in [5.41, 5.74) is 1.78. The van der Waals surface area contributed by atoms with Gasteiger partial charge in [0.1, 0.15) is 11.6 Å². The van der Waals surface area contributed by atoms with E-state index in [-0.39, 0.29) is 5.91 Å². The molecule has 1 saturated heterocycles. The topological polar surface area (TPSA) is 169 Å². The lowest BCUT2D eigenvalue weighted by molar-refractivity contribution is -0.193. The highest BCUT2D eigenvalue weighted by atomic mass is 19.4. The lowest BCUT2D eigenvalue weighted by Gasteiger charge is -2.25. The molecule has 0 bridgehead atoms. The number of likely N-dealkylation sites (tertiary alicyclic amines) is 1. The normalized spacial score (nSPS) is 17.2. The van der Waals surface area contributed by atoms with Gasteiger partial charge in [-0.15, -0.1) is 10.2 Å².